The van der Waals surface area contributed by atoms with Crippen LogP contribution in [0.1, 0.15) is 118 Å². The predicted octanol–water partition coefficient (Wildman–Crippen LogP) is 5.18. The van der Waals surface area contributed by atoms with Gasteiger partial charge in [0.1, 0.15) is 18.8 Å². The van der Waals surface area contributed by atoms with Gasteiger partial charge in [0, 0.05) is 34.3 Å². The van der Waals surface area contributed by atoms with Crippen molar-refractivity contribution in [2.45, 2.75) is 149 Å². The van der Waals surface area contributed by atoms with Crippen LogP contribution in [-0.2, 0) is 47.6 Å². The van der Waals surface area contributed by atoms with Crippen molar-refractivity contribution in [1.29, 1.82) is 0 Å². The number of hydrogen-bond acceptors (Lipinski definition) is 10. The van der Waals surface area contributed by atoms with Crippen molar-refractivity contribution in [2.75, 3.05) is 13.2 Å². The lowest BCUT2D eigenvalue weighted by atomic mass is 9.98. The fourth-order valence-corrected chi connectivity index (χ4v) is 4.65. The van der Waals surface area contributed by atoms with Crippen LogP contribution in [0, 0.1) is 0 Å². The second kappa shape index (κ2) is 20.7. The number of carbonyl (C=O) groups is 4. The molecule has 0 aromatic carbocycles. The molecule has 0 spiro atoms. The maximum atomic E-state index is 11.9. The summed E-state index contributed by atoms with van der Waals surface area (Å²) in [5.74, 6) is -2.48. The van der Waals surface area contributed by atoms with Gasteiger partial charge in [0.05, 0.1) is 0 Å². The van der Waals surface area contributed by atoms with E-state index in [9.17, 15) is 19.2 Å². The average molecular weight is 559 g/mol. The minimum absolute atomic E-state index is 0.267. The lowest BCUT2D eigenvalue weighted by Crippen LogP contribution is -2.62. The Labute approximate surface area is 233 Å². The Morgan fingerprint density at radius 2 is 1.03 bits per heavy atom. The number of esters is 4. The van der Waals surface area contributed by atoms with E-state index in [0.29, 0.717) is 6.61 Å². The molecule has 1 unspecified atom stereocenters. The van der Waals surface area contributed by atoms with Gasteiger partial charge in [-0.25, -0.2) is 0 Å². The second-order valence-electron chi connectivity index (χ2n) is 10.2. The first-order chi connectivity index (χ1) is 18.6. The van der Waals surface area contributed by atoms with Crippen LogP contribution in [0.25, 0.3) is 0 Å². The van der Waals surface area contributed by atoms with E-state index < -0.39 is 54.6 Å². The smallest absolute Gasteiger partial charge is 0.305 e. The molecule has 1 saturated heterocycles. The molecule has 1 rings (SSSR count). The highest BCUT2D eigenvalue weighted by Gasteiger charge is 2.52. The van der Waals surface area contributed by atoms with E-state index in [2.05, 4.69) is 6.92 Å². The van der Waals surface area contributed by atoms with Crippen LogP contribution in [-0.4, -0.2) is 67.8 Å². The summed E-state index contributed by atoms with van der Waals surface area (Å²) >= 11 is 0. The molecule has 0 N–H and O–H groups in total. The molecule has 1 fully saturated rings. The topological polar surface area (TPSA) is 124 Å². The van der Waals surface area contributed by atoms with Gasteiger partial charge in [0.25, 0.3) is 0 Å². The normalized spacial score (nSPS) is 22.6. The van der Waals surface area contributed by atoms with Crippen LogP contribution in [0.3, 0.4) is 0 Å². The van der Waals surface area contributed by atoms with Crippen LogP contribution in [0.4, 0.5) is 0 Å². The van der Waals surface area contributed by atoms with Gasteiger partial charge in [-0.05, 0) is 6.42 Å². The number of rotatable bonds is 20. The van der Waals surface area contributed by atoms with Gasteiger partial charge in [0.2, 0.25) is 6.29 Å². The summed E-state index contributed by atoms with van der Waals surface area (Å²) in [4.78, 5) is 46.9. The zero-order valence-corrected chi connectivity index (χ0v) is 24.6. The predicted molar refractivity (Wildman–Crippen MR) is 144 cm³/mol. The summed E-state index contributed by atoms with van der Waals surface area (Å²) in [6.07, 6.45) is 10.2. The summed E-state index contributed by atoms with van der Waals surface area (Å²) in [7, 11) is 0. The molecule has 1 aliphatic rings. The van der Waals surface area contributed by atoms with Gasteiger partial charge in [0.15, 0.2) is 12.2 Å². The maximum Gasteiger partial charge on any atom is 0.305 e. The Bertz CT molecular complexity index is 725. The van der Waals surface area contributed by atoms with Gasteiger partial charge in [-0.3, -0.25) is 19.2 Å². The van der Waals surface area contributed by atoms with Crippen LogP contribution >= 0.6 is 0 Å². The van der Waals surface area contributed by atoms with Crippen LogP contribution in [0.2, 0.25) is 0 Å². The van der Waals surface area contributed by atoms with Crippen LogP contribution < -0.4 is 0 Å². The van der Waals surface area contributed by atoms with E-state index in [1.807, 2.05) is 0 Å². The quantitative estimate of drug-likeness (QED) is 0.112. The van der Waals surface area contributed by atoms with Crippen molar-refractivity contribution in [1.82, 2.24) is 0 Å². The molecule has 0 saturated carbocycles. The Balaban J connectivity index is 2.64. The first-order valence-electron chi connectivity index (χ1n) is 14.6. The zero-order chi connectivity index (χ0) is 29.0. The monoisotopic (exact) mass is 558 g/mol. The van der Waals surface area contributed by atoms with Crippen LogP contribution in [0.15, 0.2) is 0 Å². The molecular weight excluding hydrogens is 508 g/mol. The van der Waals surface area contributed by atoms with Crippen molar-refractivity contribution in [3.8, 4) is 0 Å². The lowest BCUT2D eigenvalue weighted by molar-refractivity contribution is -0.304. The fraction of sp³-hybridized carbons (Fsp3) is 0.862. The third-order valence-corrected chi connectivity index (χ3v) is 6.49. The third kappa shape index (κ3) is 15.8. The molecule has 39 heavy (non-hydrogen) atoms. The Morgan fingerprint density at radius 3 is 1.49 bits per heavy atom. The minimum Gasteiger partial charge on any atom is -0.463 e. The van der Waals surface area contributed by atoms with E-state index in [1.54, 1.807) is 0 Å². The van der Waals surface area contributed by atoms with E-state index in [-0.39, 0.29) is 6.61 Å². The molecule has 0 amide bonds. The van der Waals surface area contributed by atoms with Crippen molar-refractivity contribution < 1.29 is 47.6 Å². The van der Waals surface area contributed by atoms with E-state index in [1.165, 1.54) is 85.5 Å². The van der Waals surface area contributed by atoms with Crippen molar-refractivity contribution in [2.24, 2.45) is 0 Å². The highest BCUT2D eigenvalue weighted by atomic mass is 16.7. The first kappa shape index (κ1) is 34.8. The number of carbonyl (C=O) groups excluding carboxylic acids is 4. The maximum absolute atomic E-state index is 11.9. The van der Waals surface area contributed by atoms with Crippen molar-refractivity contribution in [3.63, 3.8) is 0 Å². The fourth-order valence-electron chi connectivity index (χ4n) is 4.65. The second-order valence-corrected chi connectivity index (χ2v) is 10.2. The molecule has 0 bridgehead atoms. The summed E-state index contributed by atoms with van der Waals surface area (Å²) in [5.41, 5.74) is 0. The Morgan fingerprint density at radius 1 is 0.564 bits per heavy atom. The third-order valence-electron chi connectivity index (χ3n) is 6.49. The SMILES string of the molecule is CCCCCCCCCCCCCCCO[C@H]1[C@H](OC(C)=O)[C@@H](COC(C)=O)OC(OC(C)=O)[C@@H]1OC(C)=O. The Kier molecular flexibility index (Phi) is 18.5. The number of hydrogen-bond donors (Lipinski definition) is 0. The number of unbranched alkanes of at least 4 members (excludes halogenated alkanes) is 12. The molecule has 10 heteroatoms. The minimum atomic E-state index is -1.32. The highest BCUT2D eigenvalue weighted by Crippen LogP contribution is 2.30. The molecule has 0 radical (unpaired) electrons. The number of ether oxygens (including phenoxy) is 6. The molecule has 5 atom stereocenters. The van der Waals surface area contributed by atoms with Gasteiger partial charge in [-0.15, -0.1) is 0 Å². The van der Waals surface area contributed by atoms with Crippen molar-refractivity contribution >= 4 is 23.9 Å². The van der Waals surface area contributed by atoms with Crippen molar-refractivity contribution in [3.05, 3.63) is 0 Å². The largest absolute Gasteiger partial charge is 0.463 e. The molecule has 226 valence electrons. The lowest BCUT2D eigenvalue weighted by Gasteiger charge is -2.44. The summed E-state index contributed by atoms with van der Waals surface area (Å²) in [6, 6.07) is 0. The Hall–Kier alpha value is -2.20. The van der Waals surface area contributed by atoms with Gasteiger partial charge >= 0.3 is 23.9 Å². The zero-order valence-electron chi connectivity index (χ0n) is 24.6. The average Bonchev–Trinajstić information content (AvgIpc) is 2.85. The summed E-state index contributed by atoms with van der Waals surface area (Å²) < 4.78 is 33.1. The summed E-state index contributed by atoms with van der Waals surface area (Å²) in [6.45, 7) is 7.14. The molecule has 0 aromatic heterocycles. The first-order valence-corrected chi connectivity index (χ1v) is 14.6. The molecule has 1 heterocycles. The molecular formula is C29H50O10. The van der Waals surface area contributed by atoms with E-state index in [4.69, 9.17) is 28.4 Å². The van der Waals surface area contributed by atoms with E-state index in [0.717, 1.165) is 25.7 Å². The van der Waals surface area contributed by atoms with Crippen LogP contribution in [0.5, 0.6) is 0 Å². The van der Waals surface area contributed by atoms with E-state index >= 15 is 0 Å². The molecule has 0 aliphatic carbocycles. The molecule has 0 aromatic rings. The molecule has 1 aliphatic heterocycles. The highest BCUT2D eigenvalue weighted by molar-refractivity contribution is 5.68. The van der Waals surface area contributed by atoms with Gasteiger partial charge in [-0.1, -0.05) is 84.0 Å². The standard InChI is InChI=1S/C29H50O10/c1-6-7-8-9-10-11-12-13-14-15-16-17-18-19-34-27-26(36-22(3)31)25(20-35-21(2)30)39-29(38-24(5)33)28(27)37-23(4)32/h25-29H,6-20H2,1-5H3/t25-,26-,27+,28-,29?/m1/s1. The van der Waals surface area contributed by atoms with Gasteiger partial charge in [-0.2, -0.15) is 0 Å². The van der Waals surface area contributed by atoms with Gasteiger partial charge < -0.3 is 28.4 Å². The summed E-state index contributed by atoms with van der Waals surface area (Å²) in [5, 5.41) is 0. The molecule has 10 nitrogen and oxygen atoms in total.